The zero-order valence-corrected chi connectivity index (χ0v) is 12.6. The molecule has 0 atom stereocenters. The molecule has 2 aromatic rings. The van der Waals surface area contributed by atoms with Gasteiger partial charge in [0, 0.05) is 5.69 Å². The van der Waals surface area contributed by atoms with Gasteiger partial charge in [-0.05, 0) is 38.1 Å². The highest BCUT2D eigenvalue weighted by atomic mass is 16.2. The number of hydrogen-bond acceptors (Lipinski definition) is 4. The Morgan fingerprint density at radius 2 is 2.00 bits per heavy atom. The maximum atomic E-state index is 12.2. The molecule has 1 heterocycles. The lowest BCUT2D eigenvalue weighted by molar-refractivity contribution is -0.121. The second-order valence-electron chi connectivity index (χ2n) is 5.40. The van der Waals surface area contributed by atoms with Gasteiger partial charge in [-0.15, -0.1) is 0 Å². The molecule has 1 aromatic carbocycles. The number of carbonyl (C=O) groups excluding carboxylic acids is 1. The first kappa shape index (κ1) is 15.2. The third-order valence-corrected chi connectivity index (χ3v) is 3.21. The summed E-state index contributed by atoms with van der Waals surface area (Å²) in [6.07, 6.45) is 3.19. The third kappa shape index (κ3) is 4.13. The van der Waals surface area contributed by atoms with Crippen LogP contribution >= 0.6 is 0 Å². The molecule has 0 spiro atoms. The van der Waals surface area contributed by atoms with E-state index in [4.69, 9.17) is 0 Å². The fourth-order valence-corrected chi connectivity index (χ4v) is 2.00. The normalized spacial score (nSPS) is 11.4. The van der Waals surface area contributed by atoms with Crippen LogP contribution < -0.4 is 10.6 Å². The van der Waals surface area contributed by atoms with E-state index in [2.05, 4.69) is 20.7 Å². The molecule has 6 nitrogen and oxygen atoms in total. The number of rotatable bonds is 6. The van der Waals surface area contributed by atoms with Gasteiger partial charge in [-0.25, -0.2) is 9.67 Å². The topological polar surface area (TPSA) is 71.8 Å². The van der Waals surface area contributed by atoms with Gasteiger partial charge in [0.1, 0.15) is 12.7 Å². The summed E-state index contributed by atoms with van der Waals surface area (Å²) in [5.74, 6) is -0.0478. The van der Waals surface area contributed by atoms with Crippen molar-refractivity contribution in [3.05, 3.63) is 42.5 Å². The van der Waals surface area contributed by atoms with Crippen LogP contribution in [0.4, 0.5) is 5.69 Å². The molecule has 2 rings (SSSR count). The van der Waals surface area contributed by atoms with Crippen molar-refractivity contribution in [1.29, 1.82) is 0 Å². The zero-order chi connectivity index (χ0) is 15.3. The van der Waals surface area contributed by atoms with Crippen LogP contribution in [0.5, 0.6) is 0 Å². The minimum absolute atomic E-state index is 0.0478. The van der Waals surface area contributed by atoms with Crippen molar-refractivity contribution in [3.63, 3.8) is 0 Å². The summed E-state index contributed by atoms with van der Waals surface area (Å²) < 4.78 is 1.75. The summed E-state index contributed by atoms with van der Waals surface area (Å²) in [6.45, 7) is 7.12. The highest BCUT2D eigenvalue weighted by Gasteiger charge is 2.25. The van der Waals surface area contributed by atoms with Gasteiger partial charge in [0.05, 0.1) is 12.1 Å². The smallest absolute Gasteiger partial charge is 0.244 e. The summed E-state index contributed by atoms with van der Waals surface area (Å²) >= 11 is 0. The molecule has 0 aliphatic carbocycles. The van der Waals surface area contributed by atoms with Gasteiger partial charge in [-0.2, -0.15) is 5.10 Å². The number of likely N-dealkylation sites (N-methyl/N-ethyl adjacent to an activating group) is 1. The predicted molar refractivity (Wildman–Crippen MR) is 82.0 cm³/mol. The summed E-state index contributed by atoms with van der Waals surface area (Å²) in [4.78, 5) is 16.1. The van der Waals surface area contributed by atoms with Crippen LogP contribution in [0.2, 0.25) is 0 Å². The van der Waals surface area contributed by atoms with Crippen molar-refractivity contribution in [2.45, 2.75) is 32.9 Å². The molecule has 0 aliphatic rings. The number of anilines is 1. The molecule has 0 fully saturated rings. The number of amides is 1. The molecule has 0 bridgehead atoms. The van der Waals surface area contributed by atoms with E-state index in [0.717, 1.165) is 17.8 Å². The first-order valence-electron chi connectivity index (χ1n) is 6.99. The van der Waals surface area contributed by atoms with Crippen molar-refractivity contribution in [2.75, 3.05) is 11.9 Å². The number of aromatic nitrogens is 3. The molecule has 2 N–H and O–H groups in total. The monoisotopic (exact) mass is 287 g/mol. The quantitative estimate of drug-likeness (QED) is 0.847. The standard InChI is InChI=1S/C15H21N5O/c1-4-17-15(2,3)14(21)19-13-7-5-12(6-8-13)9-20-11-16-10-18-20/h5-8,10-11,17H,4,9H2,1-3H3,(H,19,21). The van der Waals surface area contributed by atoms with E-state index in [1.54, 1.807) is 11.0 Å². The minimum Gasteiger partial charge on any atom is -0.325 e. The minimum atomic E-state index is -0.589. The molecule has 112 valence electrons. The van der Waals surface area contributed by atoms with Crippen LogP contribution in [-0.2, 0) is 11.3 Å². The average Bonchev–Trinajstić information content (AvgIpc) is 2.94. The Bertz CT molecular complexity index is 575. The van der Waals surface area contributed by atoms with E-state index in [1.807, 2.05) is 45.0 Å². The van der Waals surface area contributed by atoms with E-state index >= 15 is 0 Å². The Balaban J connectivity index is 1.97. The molecule has 1 aromatic heterocycles. The summed E-state index contributed by atoms with van der Waals surface area (Å²) in [6, 6.07) is 7.73. The number of nitrogens with one attached hydrogen (secondary N) is 2. The molecule has 0 unspecified atom stereocenters. The summed E-state index contributed by atoms with van der Waals surface area (Å²) in [7, 11) is 0. The zero-order valence-electron chi connectivity index (χ0n) is 12.6. The molecule has 21 heavy (non-hydrogen) atoms. The lowest BCUT2D eigenvalue weighted by atomic mass is 10.0. The maximum Gasteiger partial charge on any atom is 0.244 e. The maximum absolute atomic E-state index is 12.2. The lowest BCUT2D eigenvalue weighted by Crippen LogP contribution is -2.49. The molecule has 0 aliphatic heterocycles. The van der Waals surface area contributed by atoms with E-state index in [9.17, 15) is 4.79 Å². The van der Waals surface area contributed by atoms with Gasteiger partial charge in [0.25, 0.3) is 0 Å². The SMILES string of the molecule is CCNC(C)(C)C(=O)Nc1ccc(Cn2cncn2)cc1. The molecule has 0 saturated carbocycles. The fraction of sp³-hybridized carbons (Fsp3) is 0.400. The van der Waals surface area contributed by atoms with Gasteiger partial charge in [-0.1, -0.05) is 19.1 Å². The van der Waals surface area contributed by atoms with Crippen molar-refractivity contribution in [2.24, 2.45) is 0 Å². The Morgan fingerprint density at radius 1 is 1.29 bits per heavy atom. The number of nitrogens with zero attached hydrogens (tertiary/aromatic N) is 3. The largest absolute Gasteiger partial charge is 0.325 e. The molecule has 1 amide bonds. The van der Waals surface area contributed by atoms with E-state index in [1.165, 1.54) is 6.33 Å². The Morgan fingerprint density at radius 3 is 2.57 bits per heavy atom. The van der Waals surface area contributed by atoms with Gasteiger partial charge in [0.15, 0.2) is 0 Å². The molecule has 6 heteroatoms. The van der Waals surface area contributed by atoms with Crippen molar-refractivity contribution < 1.29 is 4.79 Å². The number of carbonyl (C=O) groups is 1. The van der Waals surface area contributed by atoms with Gasteiger partial charge >= 0.3 is 0 Å². The predicted octanol–water partition coefficient (Wildman–Crippen LogP) is 1.65. The van der Waals surface area contributed by atoms with Crippen LogP contribution in [0.25, 0.3) is 0 Å². The van der Waals surface area contributed by atoms with Crippen molar-refractivity contribution in [3.8, 4) is 0 Å². The third-order valence-electron chi connectivity index (χ3n) is 3.21. The van der Waals surface area contributed by atoms with Crippen molar-refractivity contribution in [1.82, 2.24) is 20.1 Å². The van der Waals surface area contributed by atoms with Crippen LogP contribution in [0.1, 0.15) is 26.3 Å². The van der Waals surface area contributed by atoms with Gasteiger partial charge in [0.2, 0.25) is 5.91 Å². The van der Waals surface area contributed by atoms with E-state index in [0.29, 0.717) is 6.54 Å². The van der Waals surface area contributed by atoms with Crippen LogP contribution in [0, 0.1) is 0 Å². The number of hydrogen-bond donors (Lipinski definition) is 2. The van der Waals surface area contributed by atoms with Crippen molar-refractivity contribution >= 4 is 11.6 Å². The van der Waals surface area contributed by atoms with E-state index < -0.39 is 5.54 Å². The first-order chi connectivity index (χ1) is 10.0. The Kier molecular flexibility index (Phi) is 4.70. The Labute approximate surface area is 124 Å². The second-order valence-corrected chi connectivity index (χ2v) is 5.40. The summed E-state index contributed by atoms with van der Waals surface area (Å²) in [5.41, 5.74) is 1.30. The fourth-order valence-electron chi connectivity index (χ4n) is 2.00. The highest BCUT2D eigenvalue weighted by Crippen LogP contribution is 2.13. The second kappa shape index (κ2) is 6.49. The van der Waals surface area contributed by atoms with E-state index in [-0.39, 0.29) is 5.91 Å². The van der Waals surface area contributed by atoms with Crippen LogP contribution in [0.3, 0.4) is 0 Å². The van der Waals surface area contributed by atoms with Crippen LogP contribution in [0.15, 0.2) is 36.9 Å². The lowest BCUT2D eigenvalue weighted by Gasteiger charge is -2.24. The van der Waals surface area contributed by atoms with Gasteiger partial charge < -0.3 is 10.6 Å². The molecule has 0 saturated heterocycles. The summed E-state index contributed by atoms with van der Waals surface area (Å²) in [5, 5.41) is 10.1. The highest BCUT2D eigenvalue weighted by molar-refractivity contribution is 5.97. The van der Waals surface area contributed by atoms with Crippen LogP contribution in [-0.4, -0.2) is 32.8 Å². The molecular weight excluding hydrogens is 266 g/mol. The Hall–Kier alpha value is -2.21. The van der Waals surface area contributed by atoms with Gasteiger partial charge in [-0.3, -0.25) is 4.79 Å². The molecule has 0 radical (unpaired) electrons. The molecular formula is C15H21N5O. The first-order valence-corrected chi connectivity index (χ1v) is 6.99. The average molecular weight is 287 g/mol. The number of benzene rings is 1.